The van der Waals surface area contributed by atoms with Crippen LogP contribution in [0, 0.1) is 11.3 Å². The van der Waals surface area contributed by atoms with Crippen molar-refractivity contribution in [3.05, 3.63) is 106 Å². The Balaban J connectivity index is 1.43. The molecule has 1 aliphatic heterocycles. The van der Waals surface area contributed by atoms with Crippen LogP contribution in [0.5, 0.6) is 0 Å². The summed E-state index contributed by atoms with van der Waals surface area (Å²) in [6, 6.07) is 22.3. The van der Waals surface area contributed by atoms with Crippen molar-refractivity contribution in [2.75, 3.05) is 6.26 Å². The summed E-state index contributed by atoms with van der Waals surface area (Å²) in [6.07, 6.45) is 6.01. The third kappa shape index (κ3) is 4.90. The van der Waals surface area contributed by atoms with Crippen molar-refractivity contribution in [3.63, 3.8) is 0 Å². The van der Waals surface area contributed by atoms with Crippen molar-refractivity contribution in [2.24, 2.45) is 0 Å². The topological polar surface area (TPSA) is 73.2 Å². The van der Waals surface area contributed by atoms with Gasteiger partial charge in [0.05, 0.1) is 11.6 Å². The maximum atomic E-state index is 12.7. The van der Waals surface area contributed by atoms with Crippen molar-refractivity contribution in [1.29, 1.82) is 5.26 Å². The first kappa shape index (κ1) is 21.4. The molecule has 0 bridgehead atoms. The molecule has 0 unspecified atom stereocenters. The van der Waals surface area contributed by atoms with Gasteiger partial charge in [0, 0.05) is 35.3 Å². The Morgan fingerprint density at radius 2 is 1.69 bits per heavy atom. The van der Waals surface area contributed by atoms with Gasteiger partial charge in [-0.25, -0.2) is 0 Å². The van der Waals surface area contributed by atoms with E-state index in [1.165, 1.54) is 0 Å². The molecule has 0 saturated heterocycles. The first-order chi connectivity index (χ1) is 15.6. The fraction of sp³-hybridized carbons (Fsp3) is 0.115. The number of rotatable bonds is 5. The van der Waals surface area contributed by atoms with Gasteiger partial charge in [0.25, 0.3) is 11.8 Å². The molecule has 1 N–H and O–H groups in total. The number of benzene rings is 3. The molecule has 32 heavy (non-hydrogen) atoms. The molecule has 158 valence electrons. The molecule has 4 rings (SSSR count). The van der Waals surface area contributed by atoms with E-state index >= 15 is 0 Å². The summed E-state index contributed by atoms with van der Waals surface area (Å²) in [5, 5.41) is 11.4. The van der Waals surface area contributed by atoms with Crippen molar-refractivity contribution < 1.29 is 9.59 Å². The molecule has 0 fully saturated rings. The lowest BCUT2D eigenvalue weighted by molar-refractivity contribution is 0.0849. The Hall–Kier alpha value is -3.82. The number of carbonyl (C=O) groups excluding carboxylic acids is 2. The highest BCUT2D eigenvalue weighted by Gasteiger charge is 2.16. The standard InChI is InChI=1S/C26H21N3O2S/c1-32-24-10-8-21(9-11-24)25(30)28-26(31)22-7-6-20-12-13-29(17-23(20)14-22)16-19-4-2-18(15-27)3-5-19/h2-14H,16-17H2,1H3,(H,28,30,31). The average molecular weight is 440 g/mol. The third-order valence-corrected chi connectivity index (χ3v) is 6.04. The van der Waals surface area contributed by atoms with Gasteiger partial charge in [0.15, 0.2) is 0 Å². The first-order valence-corrected chi connectivity index (χ1v) is 11.3. The van der Waals surface area contributed by atoms with E-state index in [1.54, 1.807) is 30.0 Å². The first-order valence-electron chi connectivity index (χ1n) is 10.1. The minimum atomic E-state index is -0.417. The summed E-state index contributed by atoms with van der Waals surface area (Å²) in [7, 11) is 0. The molecule has 0 aromatic heterocycles. The van der Waals surface area contributed by atoms with Gasteiger partial charge < -0.3 is 4.90 Å². The molecule has 6 heteroatoms. The van der Waals surface area contributed by atoms with Crippen molar-refractivity contribution in [3.8, 4) is 6.07 Å². The minimum absolute atomic E-state index is 0.414. The smallest absolute Gasteiger partial charge is 0.258 e. The number of nitriles is 1. The molecule has 3 aromatic rings. The van der Waals surface area contributed by atoms with Crippen LogP contribution in [0.25, 0.3) is 6.08 Å². The number of carbonyl (C=O) groups is 2. The number of nitrogens with zero attached hydrogens (tertiary/aromatic N) is 2. The number of nitrogens with one attached hydrogen (secondary N) is 1. The number of hydrogen-bond acceptors (Lipinski definition) is 5. The van der Waals surface area contributed by atoms with Gasteiger partial charge in [0.2, 0.25) is 0 Å². The lowest BCUT2D eigenvalue weighted by Gasteiger charge is -2.26. The number of thioether (sulfide) groups is 1. The number of amides is 2. The average Bonchev–Trinajstić information content (AvgIpc) is 2.84. The highest BCUT2D eigenvalue weighted by atomic mass is 32.2. The van der Waals surface area contributed by atoms with E-state index in [0.717, 1.165) is 21.6 Å². The maximum Gasteiger partial charge on any atom is 0.258 e. The molecule has 1 heterocycles. The summed E-state index contributed by atoms with van der Waals surface area (Å²) in [6.45, 7) is 1.35. The van der Waals surface area contributed by atoms with Crippen LogP contribution in [-0.4, -0.2) is 23.0 Å². The van der Waals surface area contributed by atoms with Crippen LogP contribution in [0.15, 0.2) is 77.8 Å². The maximum absolute atomic E-state index is 12.7. The monoisotopic (exact) mass is 439 g/mol. The molecule has 2 amide bonds. The normalized spacial score (nSPS) is 12.1. The van der Waals surface area contributed by atoms with E-state index < -0.39 is 11.8 Å². The van der Waals surface area contributed by atoms with Crippen molar-refractivity contribution in [2.45, 2.75) is 18.0 Å². The highest BCUT2D eigenvalue weighted by molar-refractivity contribution is 7.98. The quantitative estimate of drug-likeness (QED) is 0.455. The number of fused-ring (bicyclic) bond motifs is 1. The zero-order valence-electron chi connectivity index (χ0n) is 17.5. The van der Waals surface area contributed by atoms with E-state index in [-0.39, 0.29) is 0 Å². The molecule has 0 atom stereocenters. The second kappa shape index (κ2) is 9.54. The zero-order valence-corrected chi connectivity index (χ0v) is 18.4. The van der Waals surface area contributed by atoms with Crippen molar-refractivity contribution in [1.82, 2.24) is 10.2 Å². The molecular weight excluding hydrogens is 418 g/mol. The van der Waals surface area contributed by atoms with E-state index in [2.05, 4.69) is 16.3 Å². The Morgan fingerprint density at radius 3 is 2.38 bits per heavy atom. The zero-order chi connectivity index (χ0) is 22.5. The van der Waals surface area contributed by atoms with Gasteiger partial charge in [-0.1, -0.05) is 18.2 Å². The highest BCUT2D eigenvalue weighted by Crippen LogP contribution is 2.23. The largest absolute Gasteiger partial charge is 0.369 e. The van der Waals surface area contributed by atoms with Crippen LogP contribution in [-0.2, 0) is 13.1 Å². The van der Waals surface area contributed by atoms with E-state index in [1.807, 2.05) is 67.1 Å². The van der Waals surface area contributed by atoms with Gasteiger partial charge in [-0.3, -0.25) is 14.9 Å². The van der Waals surface area contributed by atoms with Gasteiger partial charge in [-0.05, 0) is 77.6 Å². The molecule has 3 aromatic carbocycles. The number of hydrogen-bond donors (Lipinski definition) is 1. The van der Waals surface area contributed by atoms with Gasteiger partial charge in [-0.2, -0.15) is 5.26 Å². The molecule has 1 aliphatic rings. The SMILES string of the molecule is CSc1ccc(C(=O)NC(=O)c2ccc3c(c2)CN(Cc2ccc(C#N)cc2)C=C3)cc1. The van der Waals surface area contributed by atoms with Crippen LogP contribution in [0.1, 0.15) is 43.0 Å². The fourth-order valence-corrected chi connectivity index (χ4v) is 3.93. The van der Waals surface area contributed by atoms with Crippen LogP contribution < -0.4 is 5.32 Å². The van der Waals surface area contributed by atoms with E-state index in [9.17, 15) is 9.59 Å². The summed E-state index contributed by atoms with van der Waals surface area (Å²) >= 11 is 1.59. The Kier molecular flexibility index (Phi) is 6.39. The third-order valence-electron chi connectivity index (χ3n) is 5.29. The Bertz CT molecular complexity index is 1230. The predicted molar refractivity (Wildman–Crippen MR) is 126 cm³/mol. The Labute approximate surface area is 191 Å². The summed E-state index contributed by atoms with van der Waals surface area (Å²) < 4.78 is 0. The lowest BCUT2D eigenvalue weighted by Crippen LogP contribution is -2.30. The minimum Gasteiger partial charge on any atom is -0.369 e. The fourth-order valence-electron chi connectivity index (χ4n) is 3.52. The second-order valence-electron chi connectivity index (χ2n) is 7.45. The number of imide groups is 1. The molecule has 0 aliphatic carbocycles. The summed E-state index contributed by atoms with van der Waals surface area (Å²) in [4.78, 5) is 28.3. The van der Waals surface area contributed by atoms with Crippen LogP contribution in [0.4, 0.5) is 0 Å². The molecular formula is C26H21N3O2S. The van der Waals surface area contributed by atoms with Crippen LogP contribution in [0.3, 0.4) is 0 Å². The van der Waals surface area contributed by atoms with Crippen LogP contribution in [0.2, 0.25) is 0 Å². The van der Waals surface area contributed by atoms with E-state index in [0.29, 0.717) is 29.8 Å². The molecule has 0 spiro atoms. The predicted octanol–water partition coefficient (Wildman–Crippen LogP) is 4.84. The molecule has 0 radical (unpaired) electrons. The Morgan fingerprint density at radius 1 is 1.00 bits per heavy atom. The van der Waals surface area contributed by atoms with Crippen LogP contribution >= 0.6 is 11.8 Å². The van der Waals surface area contributed by atoms with Crippen molar-refractivity contribution >= 4 is 29.7 Å². The second-order valence-corrected chi connectivity index (χ2v) is 8.33. The summed E-state index contributed by atoms with van der Waals surface area (Å²) in [5.74, 6) is -0.831. The van der Waals surface area contributed by atoms with Gasteiger partial charge in [0.1, 0.15) is 0 Å². The lowest BCUT2D eigenvalue weighted by atomic mass is 10.00. The molecule has 0 saturated carbocycles. The molecule has 5 nitrogen and oxygen atoms in total. The summed E-state index contributed by atoms with van der Waals surface area (Å²) in [5.41, 5.74) is 4.71. The van der Waals surface area contributed by atoms with Gasteiger partial charge in [-0.15, -0.1) is 11.8 Å². The van der Waals surface area contributed by atoms with E-state index in [4.69, 9.17) is 5.26 Å². The van der Waals surface area contributed by atoms with Gasteiger partial charge >= 0.3 is 0 Å².